The Bertz CT molecular complexity index is 888. The Morgan fingerprint density at radius 2 is 1.80 bits per heavy atom. The second kappa shape index (κ2) is 14.3. The van der Waals surface area contributed by atoms with Crippen LogP contribution in [-0.4, -0.2) is 11.3 Å². The van der Waals surface area contributed by atoms with Gasteiger partial charge >= 0.3 is 0 Å². The Balaban J connectivity index is 0.00000198. The number of nitrogens with one attached hydrogen (secondary N) is 1. The third-order valence-corrected chi connectivity index (χ3v) is 4.21. The van der Waals surface area contributed by atoms with Gasteiger partial charge in [0.1, 0.15) is 11.6 Å². The van der Waals surface area contributed by atoms with E-state index in [9.17, 15) is 13.6 Å². The second-order valence-electron chi connectivity index (χ2n) is 6.17. The summed E-state index contributed by atoms with van der Waals surface area (Å²) in [5.74, 6) is -0.721. The molecule has 0 atom stereocenters. The zero-order valence-electron chi connectivity index (χ0n) is 19.3. The number of benzene rings is 1. The van der Waals surface area contributed by atoms with E-state index in [4.69, 9.17) is 0 Å². The number of aromatic nitrogens is 1. The summed E-state index contributed by atoms with van der Waals surface area (Å²) in [6.07, 6.45) is 5.31. The Hall–Kier alpha value is -2.75. The van der Waals surface area contributed by atoms with Crippen LogP contribution >= 0.6 is 0 Å². The molecule has 0 spiro atoms. The standard InChI is InChI=1S/C22H23F2NO.2C2H6/c1-5-7-21-17(13-26)12-22(25-21)18(19(23)6-2)11-14(3)16-8-9-20(24)15(4)10-16;2*1-2/h6,8-13,25H,3,5,7H2,1-2,4H3;2*1-2H3/b18-11+,19-6+;;. The van der Waals surface area contributed by atoms with Crippen LogP contribution in [0.5, 0.6) is 0 Å². The molecule has 1 aromatic carbocycles. The number of aldehydes is 1. The summed E-state index contributed by atoms with van der Waals surface area (Å²) < 4.78 is 28.0. The van der Waals surface area contributed by atoms with Crippen molar-refractivity contribution >= 4 is 17.4 Å². The van der Waals surface area contributed by atoms with E-state index in [0.717, 1.165) is 18.4 Å². The van der Waals surface area contributed by atoms with Crippen LogP contribution in [-0.2, 0) is 6.42 Å². The topological polar surface area (TPSA) is 32.9 Å². The molecule has 0 saturated heterocycles. The fourth-order valence-corrected chi connectivity index (χ4v) is 2.75. The lowest BCUT2D eigenvalue weighted by Gasteiger charge is -2.08. The normalized spacial score (nSPS) is 11.1. The molecule has 2 nitrogen and oxygen atoms in total. The third kappa shape index (κ3) is 7.25. The van der Waals surface area contributed by atoms with Gasteiger partial charge in [0.05, 0.1) is 0 Å². The zero-order valence-corrected chi connectivity index (χ0v) is 19.3. The van der Waals surface area contributed by atoms with E-state index < -0.39 is 5.83 Å². The molecule has 164 valence electrons. The summed E-state index contributed by atoms with van der Waals surface area (Å²) >= 11 is 0. The Kier molecular flexibility index (Phi) is 13.0. The van der Waals surface area contributed by atoms with Gasteiger partial charge in [-0.05, 0) is 61.2 Å². The van der Waals surface area contributed by atoms with Gasteiger partial charge in [-0.25, -0.2) is 8.78 Å². The van der Waals surface area contributed by atoms with Crippen LogP contribution in [0, 0.1) is 12.7 Å². The third-order valence-electron chi connectivity index (χ3n) is 4.21. The van der Waals surface area contributed by atoms with Crippen LogP contribution in [0.2, 0.25) is 0 Å². The smallest absolute Gasteiger partial charge is 0.151 e. The summed E-state index contributed by atoms with van der Waals surface area (Å²) in [5, 5.41) is 0. The van der Waals surface area contributed by atoms with Gasteiger partial charge in [0.2, 0.25) is 0 Å². The number of allylic oxidation sites excluding steroid dienone is 5. The van der Waals surface area contributed by atoms with Crippen LogP contribution < -0.4 is 0 Å². The number of carbonyl (C=O) groups excluding carboxylic acids is 1. The van der Waals surface area contributed by atoms with Crippen LogP contribution in [0.25, 0.3) is 11.1 Å². The lowest BCUT2D eigenvalue weighted by molar-refractivity contribution is 0.112. The number of aryl methyl sites for hydroxylation is 2. The minimum absolute atomic E-state index is 0.297. The van der Waals surface area contributed by atoms with E-state index in [0.29, 0.717) is 40.0 Å². The maximum Gasteiger partial charge on any atom is 0.151 e. The molecule has 1 aromatic heterocycles. The van der Waals surface area contributed by atoms with Gasteiger partial charge in [0.15, 0.2) is 6.29 Å². The van der Waals surface area contributed by atoms with Crippen molar-refractivity contribution in [1.29, 1.82) is 0 Å². The summed E-state index contributed by atoms with van der Waals surface area (Å²) in [6.45, 7) is 17.3. The number of halogens is 2. The van der Waals surface area contributed by atoms with Gasteiger partial charge in [-0.15, -0.1) is 0 Å². The maximum atomic E-state index is 14.5. The Morgan fingerprint density at radius 1 is 1.17 bits per heavy atom. The summed E-state index contributed by atoms with van der Waals surface area (Å²) in [6, 6.07) is 6.30. The molecular weight excluding hydrogens is 380 g/mol. The average Bonchev–Trinajstić information content (AvgIpc) is 3.18. The van der Waals surface area contributed by atoms with Crippen molar-refractivity contribution in [2.45, 2.75) is 61.3 Å². The van der Waals surface area contributed by atoms with Crippen LogP contribution in [0.15, 0.2) is 48.8 Å². The lowest BCUT2D eigenvalue weighted by atomic mass is 10.0. The molecule has 0 amide bonds. The molecule has 30 heavy (non-hydrogen) atoms. The first-order valence-electron chi connectivity index (χ1n) is 10.6. The molecule has 0 aliphatic heterocycles. The number of hydrogen-bond acceptors (Lipinski definition) is 1. The molecule has 4 heteroatoms. The number of carbonyl (C=O) groups is 1. The molecule has 0 fully saturated rings. The molecule has 0 aliphatic rings. The van der Waals surface area contributed by atoms with E-state index in [2.05, 4.69) is 11.6 Å². The van der Waals surface area contributed by atoms with Crippen molar-refractivity contribution in [1.82, 2.24) is 4.98 Å². The van der Waals surface area contributed by atoms with Crippen molar-refractivity contribution < 1.29 is 13.6 Å². The zero-order chi connectivity index (χ0) is 23.3. The van der Waals surface area contributed by atoms with Crippen molar-refractivity contribution in [2.75, 3.05) is 0 Å². The molecule has 0 aliphatic carbocycles. The highest BCUT2D eigenvalue weighted by atomic mass is 19.1. The Morgan fingerprint density at radius 3 is 2.30 bits per heavy atom. The fourth-order valence-electron chi connectivity index (χ4n) is 2.75. The Labute approximate surface area is 180 Å². The van der Waals surface area contributed by atoms with Crippen molar-refractivity contribution in [3.63, 3.8) is 0 Å². The molecule has 2 aromatic rings. The van der Waals surface area contributed by atoms with Gasteiger partial charge in [-0.2, -0.15) is 0 Å². The number of aromatic amines is 1. The summed E-state index contributed by atoms with van der Waals surface area (Å²) in [5.41, 5.74) is 3.91. The van der Waals surface area contributed by atoms with Crippen molar-refractivity contribution in [3.8, 4) is 0 Å². The quantitative estimate of drug-likeness (QED) is 0.358. The highest BCUT2D eigenvalue weighted by molar-refractivity contribution is 5.89. The van der Waals surface area contributed by atoms with Gasteiger partial charge < -0.3 is 4.98 Å². The van der Waals surface area contributed by atoms with Crippen LogP contribution in [0.1, 0.15) is 80.8 Å². The van der Waals surface area contributed by atoms with Gasteiger partial charge in [-0.1, -0.05) is 59.8 Å². The first-order valence-corrected chi connectivity index (χ1v) is 10.6. The summed E-state index contributed by atoms with van der Waals surface area (Å²) in [7, 11) is 0. The minimum Gasteiger partial charge on any atom is -0.358 e. The predicted molar refractivity (Wildman–Crippen MR) is 126 cm³/mol. The maximum absolute atomic E-state index is 14.5. The van der Waals surface area contributed by atoms with E-state index in [1.807, 2.05) is 34.6 Å². The van der Waals surface area contributed by atoms with Gasteiger partial charge in [0, 0.05) is 22.5 Å². The second-order valence-corrected chi connectivity index (χ2v) is 6.17. The highest BCUT2D eigenvalue weighted by Crippen LogP contribution is 2.29. The number of rotatable bonds is 7. The monoisotopic (exact) mass is 415 g/mol. The molecule has 2 rings (SSSR count). The van der Waals surface area contributed by atoms with Crippen LogP contribution in [0.4, 0.5) is 8.78 Å². The average molecular weight is 416 g/mol. The first-order chi connectivity index (χ1) is 14.4. The molecule has 0 radical (unpaired) electrons. The highest BCUT2D eigenvalue weighted by Gasteiger charge is 2.14. The number of H-pyrrole nitrogens is 1. The minimum atomic E-state index is -0.424. The van der Waals surface area contributed by atoms with Crippen LogP contribution in [0.3, 0.4) is 0 Å². The first kappa shape index (κ1) is 27.2. The lowest BCUT2D eigenvalue weighted by Crippen LogP contribution is -1.92. The summed E-state index contributed by atoms with van der Waals surface area (Å²) in [4.78, 5) is 14.4. The largest absolute Gasteiger partial charge is 0.358 e. The molecule has 0 bridgehead atoms. The molecule has 1 heterocycles. The van der Waals surface area contributed by atoms with E-state index >= 15 is 0 Å². The van der Waals surface area contributed by atoms with Gasteiger partial charge in [-0.3, -0.25) is 4.79 Å². The fraction of sp³-hybridized carbons (Fsp3) is 0.346. The molecule has 0 saturated carbocycles. The SMILES string of the molecule is C=C(/C=C(\C(F)=C/C)c1cc(C=O)c(CCC)[nH]1)c1ccc(F)c(C)c1.CC.CC. The van der Waals surface area contributed by atoms with Crippen molar-refractivity contribution in [2.24, 2.45) is 0 Å². The number of hydrogen-bond donors (Lipinski definition) is 1. The molecular formula is C26H35F2NO. The predicted octanol–water partition coefficient (Wildman–Crippen LogP) is 8.25. The van der Waals surface area contributed by atoms with Gasteiger partial charge in [0.25, 0.3) is 0 Å². The van der Waals surface area contributed by atoms with Crippen molar-refractivity contribution in [3.05, 3.63) is 82.7 Å². The van der Waals surface area contributed by atoms with E-state index in [-0.39, 0.29) is 5.82 Å². The van der Waals surface area contributed by atoms with E-state index in [1.165, 1.54) is 12.1 Å². The molecule has 1 N–H and O–H groups in total. The van der Waals surface area contributed by atoms with E-state index in [1.54, 1.807) is 38.1 Å². The molecule has 0 unspecified atom stereocenters.